The summed E-state index contributed by atoms with van der Waals surface area (Å²) in [6.07, 6.45) is 0.876. The summed E-state index contributed by atoms with van der Waals surface area (Å²) in [4.78, 5) is 82.6. The number of aryl methyl sites for hydroxylation is 1. The second-order valence-corrected chi connectivity index (χ2v) is 14.0. The lowest BCUT2D eigenvalue weighted by Gasteiger charge is -2.31. The van der Waals surface area contributed by atoms with Crippen molar-refractivity contribution in [3.8, 4) is 11.4 Å². The Hall–Kier alpha value is -6.00. The number of halogens is 1. The lowest BCUT2D eigenvalue weighted by molar-refractivity contribution is -0.172. The zero-order valence-electron chi connectivity index (χ0n) is 30.2. The molecule has 3 atom stereocenters. The number of carbonyl (C=O) groups is 5. The molecule has 4 aromatic rings. The van der Waals surface area contributed by atoms with Gasteiger partial charge >= 0.3 is 5.97 Å². The molecular weight excluding hydrogens is 713 g/mol. The molecule has 2 aromatic carbocycles. The fourth-order valence-corrected chi connectivity index (χ4v) is 7.79. The number of benzene rings is 2. The Labute approximate surface area is 313 Å². The second-order valence-electron chi connectivity index (χ2n) is 14.0. The van der Waals surface area contributed by atoms with Crippen molar-refractivity contribution in [3.63, 3.8) is 0 Å². The van der Waals surface area contributed by atoms with Crippen molar-refractivity contribution >= 4 is 40.5 Å². The van der Waals surface area contributed by atoms with Crippen LogP contribution in [0.15, 0.2) is 47.3 Å². The molecule has 286 valence electrons. The number of esters is 1. The van der Waals surface area contributed by atoms with Crippen LogP contribution in [-0.4, -0.2) is 69.9 Å². The molecule has 16 heteroatoms. The number of rotatable bonds is 11. The molecule has 2 aliphatic heterocycles. The Morgan fingerprint density at radius 2 is 1.80 bits per heavy atom. The number of pyridine rings is 2. The molecule has 0 saturated carbocycles. The third-order valence-electron chi connectivity index (χ3n) is 10.7. The number of nitrogens with zero attached hydrogens (tertiary/aromatic N) is 2. The topological polar surface area (TPSA) is 224 Å². The van der Waals surface area contributed by atoms with Crippen molar-refractivity contribution < 1.29 is 38.2 Å². The van der Waals surface area contributed by atoms with Crippen LogP contribution in [0.5, 0.6) is 0 Å². The largest absolute Gasteiger partial charge is 0.458 e. The van der Waals surface area contributed by atoms with Crippen molar-refractivity contribution in [2.24, 2.45) is 5.73 Å². The van der Waals surface area contributed by atoms with Crippen LogP contribution in [0.2, 0.25) is 0 Å². The normalized spacial score (nSPS) is 18.3. The molecule has 55 heavy (non-hydrogen) atoms. The average Bonchev–Trinajstić information content (AvgIpc) is 3.55. The minimum Gasteiger partial charge on any atom is -0.458 e. The van der Waals surface area contributed by atoms with Crippen molar-refractivity contribution in [2.45, 2.75) is 70.4 Å². The number of hydrogen-bond donors (Lipinski definition) is 6. The smallest absolute Gasteiger partial charge is 0.343 e. The third-order valence-corrected chi connectivity index (χ3v) is 10.7. The van der Waals surface area contributed by atoms with Gasteiger partial charge in [0.25, 0.3) is 5.56 Å². The number of aliphatic hydroxyl groups is 1. The fraction of sp³-hybridized carbons (Fsp3) is 0.359. The number of fused-ring (bicyclic) bond motifs is 5. The van der Waals surface area contributed by atoms with E-state index in [1.54, 1.807) is 44.2 Å². The van der Waals surface area contributed by atoms with E-state index in [0.29, 0.717) is 51.8 Å². The summed E-state index contributed by atoms with van der Waals surface area (Å²) >= 11 is 0. The van der Waals surface area contributed by atoms with Gasteiger partial charge < -0.3 is 41.4 Å². The van der Waals surface area contributed by atoms with Gasteiger partial charge in [-0.2, -0.15) is 0 Å². The van der Waals surface area contributed by atoms with Gasteiger partial charge in [-0.1, -0.05) is 37.3 Å². The highest BCUT2D eigenvalue weighted by Gasteiger charge is 2.46. The molecule has 7 rings (SSSR count). The summed E-state index contributed by atoms with van der Waals surface area (Å²) in [6.45, 7) is 1.92. The highest BCUT2D eigenvalue weighted by molar-refractivity contribution is 5.95. The van der Waals surface area contributed by atoms with Crippen LogP contribution in [-0.2, 0) is 60.3 Å². The summed E-state index contributed by atoms with van der Waals surface area (Å²) < 4.78 is 22.0. The maximum absolute atomic E-state index is 15.3. The monoisotopic (exact) mass is 753 g/mol. The van der Waals surface area contributed by atoms with Gasteiger partial charge in [0, 0.05) is 29.0 Å². The standard InChI is InChI=1S/C39H40FN7O8/c1-3-39(54)24-12-29-35-22(17-47(29)37(52)23(24)18-55-38(39)53)34-26(10-9-21-19(2)25(40)13-27(46-35)33(21)34)44-32(50)16-43-36(51)28(11-20-7-5-4-6-8-20)45-31(49)15-42-30(48)14-41/h4-8,12-13,26,28,54H,3,9-11,14-18,41H2,1-2H3,(H,42,48)(H,43,51)(H,44,50)(H,45,49)/t26?,28-,39+/m1/s1. The first-order valence-corrected chi connectivity index (χ1v) is 18.0. The van der Waals surface area contributed by atoms with Gasteiger partial charge in [0.1, 0.15) is 18.5 Å². The number of nitrogens with one attached hydrogen (secondary N) is 4. The molecule has 15 nitrogen and oxygen atoms in total. The molecule has 3 aliphatic rings. The first kappa shape index (κ1) is 37.3. The minimum absolute atomic E-state index is 0.0319. The van der Waals surface area contributed by atoms with E-state index >= 15 is 4.39 Å². The number of cyclic esters (lactones) is 1. The number of amides is 4. The van der Waals surface area contributed by atoms with E-state index in [4.69, 9.17) is 15.5 Å². The van der Waals surface area contributed by atoms with Gasteiger partial charge in [-0.25, -0.2) is 14.2 Å². The van der Waals surface area contributed by atoms with Crippen LogP contribution >= 0.6 is 0 Å². The molecule has 7 N–H and O–H groups in total. The Morgan fingerprint density at radius 1 is 1.05 bits per heavy atom. The molecule has 4 heterocycles. The summed E-state index contributed by atoms with van der Waals surface area (Å²) in [6, 6.07) is 10.2. The number of aromatic nitrogens is 2. The van der Waals surface area contributed by atoms with Crippen molar-refractivity contribution in [3.05, 3.63) is 97.6 Å². The zero-order valence-corrected chi connectivity index (χ0v) is 30.2. The lowest BCUT2D eigenvalue weighted by atomic mass is 9.81. The van der Waals surface area contributed by atoms with Crippen LogP contribution < -0.4 is 32.6 Å². The maximum Gasteiger partial charge on any atom is 0.343 e. The van der Waals surface area contributed by atoms with Crippen LogP contribution in [0.3, 0.4) is 0 Å². The summed E-state index contributed by atoms with van der Waals surface area (Å²) in [5.41, 5.74) is 7.38. The molecule has 0 fully saturated rings. The molecule has 1 aliphatic carbocycles. The van der Waals surface area contributed by atoms with Crippen LogP contribution in [0.1, 0.15) is 64.8 Å². The van der Waals surface area contributed by atoms with Crippen molar-refractivity contribution in [2.75, 3.05) is 19.6 Å². The second kappa shape index (κ2) is 14.7. The van der Waals surface area contributed by atoms with E-state index in [1.165, 1.54) is 10.6 Å². The quantitative estimate of drug-likeness (QED) is 0.103. The number of carbonyl (C=O) groups excluding carboxylic acids is 5. The van der Waals surface area contributed by atoms with Gasteiger partial charge in [-0.3, -0.25) is 24.0 Å². The Bertz CT molecular complexity index is 2350. The van der Waals surface area contributed by atoms with Crippen LogP contribution in [0.25, 0.3) is 22.3 Å². The lowest BCUT2D eigenvalue weighted by Crippen LogP contribution is -2.52. The minimum atomic E-state index is -2.03. The molecule has 0 bridgehead atoms. The Morgan fingerprint density at radius 3 is 2.53 bits per heavy atom. The summed E-state index contributed by atoms with van der Waals surface area (Å²) in [5.74, 6) is -3.62. The number of nitrogens with two attached hydrogens (primary N) is 1. The van der Waals surface area contributed by atoms with E-state index in [1.807, 2.05) is 6.07 Å². The van der Waals surface area contributed by atoms with Crippen LogP contribution in [0, 0.1) is 12.7 Å². The predicted molar refractivity (Wildman–Crippen MR) is 196 cm³/mol. The zero-order chi connectivity index (χ0) is 39.2. The van der Waals surface area contributed by atoms with Gasteiger partial charge in [0.15, 0.2) is 5.60 Å². The van der Waals surface area contributed by atoms with Crippen LogP contribution in [0.4, 0.5) is 4.39 Å². The van der Waals surface area contributed by atoms with Gasteiger partial charge in [-0.05, 0) is 54.5 Å². The first-order chi connectivity index (χ1) is 26.3. The molecule has 2 aromatic heterocycles. The molecule has 0 spiro atoms. The summed E-state index contributed by atoms with van der Waals surface area (Å²) in [7, 11) is 0. The third kappa shape index (κ3) is 6.71. The van der Waals surface area contributed by atoms with E-state index in [0.717, 1.165) is 11.1 Å². The molecule has 1 unspecified atom stereocenters. The fourth-order valence-electron chi connectivity index (χ4n) is 7.79. The van der Waals surface area contributed by atoms with Gasteiger partial charge in [0.2, 0.25) is 23.6 Å². The molecule has 0 saturated heterocycles. The molecule has 4 amide bonds. The van der Waals surface area contributed by atoms with Gasteiger partial charge in [-0.15, -0.1) is 0 Å². The number of hydrogen-bond acceptors (Lipinski definition) is 10. The first-order valence-electron chi connectivity index (χ1n) is 18.0. The van der Waals surface area contributed by atoms with E-state index in [-0.39, 0.29) is 43.7 Å². The van der Waals surface area contributed by atoms with E-state index < -0.39 is 71.7 Å². The molecule has 0 radical (unpaired) electrons. The Kier molecular flexibility index (Phi) is 9.96. The predicted octanol–water partition coefficient (Wildman–Crippen LogP) is 0.549. The highest BCUT2D eigenvalue weighted by Crippen LogP contribution is 2.45. The Balaban J connectivity index is 1.17. The van der Waals surface area contributed by atoms with Crippen molar-refractivity contribution in [1.82, 2.24) is 30.8 Å². The summed E-state index contributed by atoms with van der Waals surface area (Å²) in [5, 5.41) is 22.6. The highest BCUT2D eigenvalue weighted by atomic mass is 19.1. The van der Waals surface area contributed by atoms with E-state index in [9.17, 15) is 33.9 Å². The number of ether oxygens (including phenoxy) is 1. The SMILES string of the molecule is CC[C@@]1(O)C(=O)OCc2c1cc1n(c2=O)Cc2c-1nc1cc(F)c(C)c3c1c2C(NC(=O)CNC(=O)[C@@H](Cc1ccccc1)NC(=O)CNC(=O)CN)CC3. The van der Waals surface area contributed by atoms with Gasteiger partial charge in [0.05, 0.1) is 54.7 Å². The molecular formula is C39H40FN7O8. The van der Waals surface area contributed by atoms with E-state index in [2.05, 4.69) is 21.3 Å². The average molecular weight is 754 g/mol. The van der Waals surface area contributed by atoms with Crippen molar-refractivity contribution in [1.29, 1.82) is 0 Å². The maximum atomic E-state index is 15.3.